The van der Waals surface area contributed by atoms with Crippen LogP contribution in [0.4, 0.5) is 5.69 Å². The van der Waals surface area contributed by atoms with Gasteiger partial charge < -0.3 is 9.30 Å². The van der Waals surface area contributed by atoms with Crippen LogP contribution in [0.3, 0.4) is 0 Å². The fraction of sp³-hybridized carbons (Fsp3) is 0.400. The molecule has 0 atom stereocenters. The predicted molar refractivity (Wildman–Crippen MR) is 176 cm³/mol. The molecule has 0 unspecified atom stereocenters. The molecule has 5 rings (SSSR count). The van der Waals surface area contributed by atoms with Gasteiger partial charge in [0.1, 0.15) is 5.75 Å². The Hall–Kier alpha value is -3.20. The van der Waals surface area contributed by atoms with Gasteiger partial charge in [0, 0.05) is 25.0 Å². The van der Waals surface area contributed by atoms with Gasteiger partial charge >= 0.3 is 0 Å². The van der Waals surface area contributed by atoms with Crippen molar-refractivity contribution in [1.29, 1.82) is 0 Å². The molecule has 228 valence electrons. The van der Waals surface area contributed by atoms with Crippen LogP contribution in [0.15, 0.2) is 94.1 Å². The highest BCUT2D eigenvalue weighted by atomic mass is 32.2. The second-order valence-corrected chi connectivity index (χ2v) is 14.0. The third-order valence-corrected chi connectivity index (χ3v) is 10.9. The summed E-state index contributed by atoms with van der Waals surface area (Å²) in [5.74, 6) is 1.36. The number of hydrogen-bond acceptors (Lipinski definition) is 5. The van der Waals surface area contributed by atoms with Crippen LogP contribution in [-0.4, -0.2) is 37.0 Å². The van der Waals surface area contributed by atoms with Crippen LogP contribution in [0.25, 0.3) is 11.3 Å². The molecular weight excluding hydrogens is 575 g/mol. The molecule has 43 heavy (non-hydrogen) atoms. The Morgan fingerprint density at radius 2 is 1.60 bits per heavy atom. The molecule has 1 aliphatic heterocycles. The Balaban J connectivity index is 1.32. The SMILES string of the molecule is CCCCCCn1c(-c2ccc(S(=O)(=O)N3CCC(Cc4ccccc4)CC3)cc2)csc1=Nc1ccc(OCC)cc1. The number of rotatable bonds is 13. The van der Waals surface area contributed by atoms with Gasteiger partial charge in [0.05, 0.1) is 22.9 Å². The smallest absolute Gasteiger partial charge is 0.243 e. The van der Waals surface area contributed by atoms with E-state index in [1.807, 2.05) is 49.4 Å². The van der Waals surface area contributed by atoms with Crippen molar-refractivity contribution in [3.8, 4) is 17.0 Å². The average molecular weight is 618 g/mol. The third kappa shape index (κ3) is 8.05. The average Bonchev–Trinajstić information content (AvgIpc) is 3.43. The van der Waals surface area contributed by atoms with E-state index >= 15 is 0 Å². The first-order chi connectivity index (χ1) is 21.0. The Kier molecular flexibility index (Phi) is 10.9. The standard InChI is InChI=1S/C35H43N3O3S2/c1-3-5-6-10-23-38-34(27-42-35(38)36-31-15-17-32(18-16-31)41-4-2)30-13-19-33(20-14-30)43(39,40)37-24-21-29(22-25-37)26-28-11-8-7-9-12-28/h7-9,11-20,27,29H,3-6,10,21-26H2,1-2H3. The topological polar surface area (TPSA) is 63.9 Å². The summed E-state index contributed by atoms with van der Waals surface area (Å²) in [6.07, 6.45) is 7.42. The molecule has 0 amide bonds. The number of hydrogen-bond donors (Lipinski definition) is 0. The van der Waals surface area contributed by atoms with Crippen LogP contribution in [0.5, 0.6) is 5.75 Å². The molecule has 0 saturated carbocycles. The summed E-state index contributed by atoms with van der Waals surface area (Å²) in [5, 5.41) is 2.13. The fourth-order valence-corrected chi connectivity index (χ4v) is 8.13. The molecule has 1 aromatic heterocycles. The number of ether oxygens (including phenoxy) is 1. The normalized spacial score (nSPS) is 15.2. The Labute approximate surface area is 260 Å². The highest BCUT2D eigenvalue weighted by molar-refractivity contribution is 7.89. The maximum atomic E-state index is 13.5. The van der Waals surface area contributed by atoms with Gasteiger partial charge in [-0.2, -0.15) is 4.31 Å². The van der Waals surface area contributed by atoms with E-state index in [0.717, 1.165) is 59.7 Å². The molecular formula is C35H43N3O3S2. The highest BCUT2D eigenvalue weighted by Crippen LogP contribution is 2.29. The third-order valence-electron chi connectivity index (χ3n) is 8.13. The second-order valence-electron chi connectivity index (χ2n) is 11.2. The van der Waals surface area contributed by atoms with Gasteiger partial charge in [0.25, 0.3) is 0 Å². The lowest BCUT2D eigenvalue weighted by molar-refractivity contribution is 0.273. The van der Waals surface area contributed by atoms with Crippen molar-refractivity contribution in [2.75, 3.05) is 19.7 Å². The summed E-state index contributed by atoms with van der Waals surface area (Å²) < 4.78 is 36.6. The van der Waals surface area contributed by atoms with E-state index in [-0.39, 0.29) is 0 Å². The molecule has 2 heterocycles. The number of thiazole rings is 1. The van der Waals surface area contributed by atoms with E-state index in [2.05, 4.69) is 41.1 Å². The highest BCUT2D eigenvalue weighted by Gasteiger charge is 2.29. The molecule has 0 N–H and O–H groups in total. The van der Waals surface area contributed by atoms with Crippen LogP contribution in [0.1, 0.15) is 57.9 Å². The summed E-state index contributed by atoms with van der Waals surface area (Å²) >= 11 is 1.62. The molecule has 6 nitrogen and oxygen atoms in total. The predicted octanol–water partition coefficient (Wildman–Crippen LogP) is 8.07. The molecule has 0 aliphatic carbocycles. The van der Waals surface area contributed by atoms with E-state index < -0.39 is 10.0 Å². The first-order valence-corrected chi connectivity index (χ1v) is 17.9. The number of benzene rings is 3. The molecule has 1 saturated heterocycles. The zero-order valence-electron chi connectivity index (χ0n) is 25.3. The first kappa shape index (κ1) is 31.2. The Morgan fingerprint density at radius 3 is 2.28 bits per heavy atom. The van der Waals surface area contributed by atoms with Gasteiger partial charge in [-0.25, -0.2) is 13.4 Å². The van der Waals surface area contributed by atoms with Crippen molar-refractivity contribution in [2.45, 2.75) is 70.2 Å². The zero-order valence-corrected chi connectivity index (χ0v) is 27.0. The van der Waals surface area contributed by atoms with Gasteiger partial charge in [-0.05, 0) is 86.1 Å². The molecule has 1 fully saturated rings. The van der Waals surface area contributed by atoms with Crippen molar-refractivity contribution in [3.63, 3.8) is 0 Å². The van der Waals surface area contributed by atoms with E-state index in [4.69, 9.17) is 9.73 Å². The van der Waals surface area contributed by atoms with Gasteiger partial charge in [-0.3, -0.25) is 0 Å². The van der Waals surface area contributed by atoms with Crippen molar-refractivity contribution in [2.24, 2.45) is 10.9 Å². The molecule has 0 spiro atoms. The fourth-order valence-electron chi connectivity index (χ4n) is 5.70. The Bertz CT molecular complexity index is 1600. The van der Waals surface area contributed by atoms with Crippen molar-refractivity contribution in [1.82, 2.24) is 8.87 Å². The zero-order chi connectivity index (χ0) is 30.1. The monoisotopic (exact) mass is 617 g/mol. The van der Waals surface area contributed by atoms with E-state index in [1.165, 1.54) is 24.8 Å². The molecule has 4 aromatic rings. The maximum absolute atomic E-state index is 13.5. The largest absolute Gasteiger partial charge is 0.494 e. The lowest BCUT2D eigenvalue weighted by atomic mass is 9.91. The molecule has 0 bridgehead atoms. The van der Waals surface area contributed by atoms with Crippen LogP contribution in [0, 0.1) is 5.92 Å². The lowest BCUT2D eigenvalue weighted by Gasteiger charge is -2.31. The summed E-state index contributed by atoms with van der Waals surface area (Å²) in [6.45, 7) is 6.84. The summed E-state index contributed by atoms with van der Waals surface area (Å²) in [4.78, 5) is 6.26. The number of unbranched alkanes of at least 4 members (excludes halogenated alkanes) is 3. The van der Waals surface area contributed by atoms with Gasteiger partial charge in [0.15, 0.2) is 4.80 Å². The minimum Gasteiger partial charge on any atom is -0.494 e. The van der Waals surface area contributed by atoms with E-state index in [9.17, 15) is 8.42 Å². The molecule has 1 aliphatic rings. The molecule has 3 aromatic carbocycles. The van der Waals surface area contributed by atoms with Gasteiger partial charge in [0.2, 0.25) is 10.0 Å². The van der Waals surface area contributed by atoms with E-state index in [1.54, 1.807) is 27.8 Å². The summed E-state index contributed by atoms with van der Waals surface area (Å²) in [5.41, 5.74) is 4.27. The molecule has 0 radical (unpaired) electrons. The van der Waals surface area contributed by atoms with Gasteiger partial charge in [-0.1, -0.05) is 68.7 Å². The van der Waals surface area contributed by atoms with Crippen molar-refractivity contribution in [3.05, 3.63) is 94.6 Å². The Morgan fingerprint density at radius 1 is 0.884 bits per heavy atom. The summed E-state index contributed by atoms with van der Waals surface area (Å²) in [7, 11) is -3.53. The van der Waals surface area contributed by atoms with Crippen molar-refractivity contribution >= 4 is 27.0 Å². The maximum Gasteiger partial charge on any atom is 0.243 e. The first-order valence-electron chi connectivity index (χ1n) is 15.6. The second kappa shape index (κ2) is 15.0. The quantitative estimate of drug-likeness (QED) is 0.143. The number of nitrogens with zero attached hydrogens (tertiary/aromatic N) is 3. The summed E-state index contributed by atoms with van der Waals surface area (Å²) in [6, 6.07) is 25.8. The lowest BCUT2D eigenvalue weighted by Crippen LogP contribution is -2.38. The minimum absolute atomic E-state index is 0.363. The number of aromatic nitrogens is 1. The minimum atomic E-state index is -3.53. The van der Waals surface area contributed by atoms with Crippen LogP contribution in [0.2, 0.25) is 0 Å². The number of sulfonamides is 1. The van der Waals surface area contributed by atoms with Gasteiger partial charge in [-0.15, -0.1) is 11.3 Å². The van der Waals surface area contributed by atoms with Crippen LogP contribution >= 0.6 is 11.3 Å². The number of piperidine rings is 1. The van der Waals surface area contributed by atoms with Crippen LogP contribution in [-0.2, 0) is 23.0 Å². The van der Waals surface area contributed by atoms with Crippen molar-refractivity contribution < 1.29 is 13.2 Å². The van der Waals surface area contributed by atoms with Crippen LogP contribution < -0.4 is 9.54 Å². The molecule has 8 heteroatoms. The van der Waals surface area contributed by atoms with E-state index in [0.29, 0.717) is 30.5 Å².